The Morgan fingerprint density at radius 3 is 2.62 bits per heavy atom. The Labute approximate surface area is 185 Å². The fraction of sp³-hybridized carbons (Fsp3) is 0.348. The van der Waals surface area contributed by atoms with E-state index in [1.807, 2.05) is 49.9 Å². The van der Waals surface area contributed by atoms with Gasteiger partial charge in [0.05, 0.1) is 25.0 Å². The fourth-order valence-corrected chi connectivity index (χ4v) is 3.72. The summed E-state index contributed by atoms with van der Waals surface area (Å²) in [5.41, 5.74) is 1.45. The molecule has 0 amide bonds. The summed E-state index contributed by atoms with van der Waals surface area (Å²) in [7, 11) is 0. The maximum Gasteiger partial charge on any atom is 0.271 e. The summed E-state index contributed by atoms with van der Waals surface area (Å²) in [4.78, 5) is 25.5. The fourth-order valence-electron chi connectivity index (χ4n) is 3.72. The predicted molar refractivity (Wildman–Crippen MR) is 121 cm³/mol. The normalized spacial score (nSPS) is 18.4. The number of halogens is 1. The first-order chi connectivity index (χ1) is 15.4. The molecular weight excluding hydrogens is 413 g/mol. The van der Waals surface area contributed by atoms with Gasteiger partial charge in [0.15, 0.2) is 11.6 Å². The molecule has 8 nitrogen and oxygen atoms in total. The molecule has 32 heavy (non-hydrogen) atoms. The first-order valence-electron chi connectivity index (χ1n) is 10.6. The summed E-state index contributed by atoms with van der Waals surface area (Å²) in [5, 5.41) is 2.83. The van der Waals surface area contributed by atoms with E-state index in [1.165, 1.54) is 0 Å². The number of rotatable bonds is 6. The highest BCUT2D eigenvalue weighted by molar-refractivity contribution is 5.69. The van der Waals surface area contributed by atoms with Gasteiger partial charge in [-0.2, -0.15) is 4.98 Å². The van der Waals surface area contributed by atoms with Gasteiger partial charge in [-0.3, -0.25) is 4.79 Å². The molecule has 4 rings (SSSR count). The molecule has 168 valence electrons. The Morgan fingerprint density at radius 2 is 1.94 bits per heavy atom. The maximum absolute atomic E-state index is 14.5. The third-order valence-electron chi connectivity index (χ3n) is 5.09. The number of benzene rings is 1. The van der Waals surface area contributed by atoms with Crippen LogP contribution in [0.15, 0.2) is 47.5 Å². The number of anilines is 3. The second-order valence-corrected chi connectivity index (χ2v) is 7.74. The minimum absolute atomic E-state index is 0.0115. The minimum atomic E-state index is -0.644. The van der Waals surface area contributed by atoms with E-state index in [2.05, 4.69) is 20.3 Å². The number of H-pyrrole nitrogens is 1. The van der Waals surface area contributed by atoms with E-state index in [1.54, 1.807) is 12.3 Å². The first kappa shape index (κ1) is 21.8. The molecule has 0 bridgehead atoms. The van der Waals surface area contributed by atoms with Gasteiger partial charge in [0.25, 0.3) is 5.56 Å². The number of nitrogens with one attached hydrogen (secondary N) is 2. The van der Waals surface area contributed by atoms with Gasteiger partial charge in [0.2, 0.25) is 5.95 Å². The predicted octanol–water partition coefficient (Wildman–Crippen LogP) is 3.73. The van der Waals surface area contributed by atoms with Gasteiger partial charge in [0.1, 0.15) is 11.4 Å². The molecule has 0 unspecified atom stereocenters. The van der Waals surface area contributed by atoms with Crippen LogP contribution in [-0.4, -0.2) is 46.9 Å². The molecule has 0 spiro atoms. The second kappa shape index (κ2) is 9.35. The summed E-state index contributed by atoms with van der Waals surface area (Å²) in [6.07, 6.45) is 2.75. The zero-order valence-corrected chi connectivity index (χ0v) is 18.3. The molecule has 3 heterocycles. The van der Waals surface area contributed by atoms with Gasteiger partial charge in [0, 0.05) is 24.8 Å². The van der Waals surface area contributed by atoms with E-state index >= 15 is 0 Å². The van der Waals surface area contributed by atoms with Crippen LogP contribution >= 0.6 is 0 Å². The van der Waals surface area contributed by atoms with Crippen molar-refractivity contribution in [3.05, 3.63) is 58.9 Å². The van der Waals surface area contributed by atoms with Gasteiger partial charge in [-0.25, -0.2) is 9.37 Å². The van der Waals surface area contributed by atoms with Crippen molar-refractivity contribution >= 4 is 17.5 Å². The number of hydrogen-bond donors (Lipinski definition) is 2. The van der Waals surface area contributed by atoms with E-state index in [9.17, 15) is 9.18 Å². The lowest BCUT2D eigenvalue weighted by atomic mass is 10.1. The quantitative estimate of drug-likeness (QED) is 0.605. The lowest BCUT2D eigenvalue weighted by Gasteiger charge is -2.35. The number of aromatic nitrogens is 3. The van der Waals surface area contributed by atoms with Crippen molar-refractivity contribution in [2.75, 3.05) is 29.9 Å². The Hall–Kier alpha value is -3.46. The minimum Gasteiger partial charge on any atom is -0.494 e. The van der Waals surface area contributed by atoms with E-state index in [0.29, 0.717) is 25.6 Å². The lowest BCUT2D eigenvalue weighted by Crippen LogP contribution is -2.46. The number of nitrogens with zero attached hydrogens (tertiary/aromatic N) is 3. The zero-order valence-electron chi connectivity index (χ0n) is 18.3. The number of morpholine rings is 1. The summed E-state index contributed by atoms with van der Waals surface area (Å²) < 4.78 is 25.7. The Morgan fingerprint density at radius 1 is 1.22 bits per heavy atom. The monoisotopic (exact) mass is 439 g/mol. The van der Waals surface area contributed by atoms with Crippen LogP contribution in [0.3, 0.4) is 0 Å². The summed E-state index contributed by atoms with van der Waals surface area (Å²) in [5.74, 6) is 0.446. The van der Waals surface area contributed by atoms with E-state index in [0.717, 1.165) is 23.1 Å². The molecule has 1 aliphatic heterocycles. The first-order valence-corrected chi connectivity index (χ1v) is 10.6. The molecule has 0 aliphatic carbocycles. The topological polar surface area (TPSA) is 92.4 Å². The molecule has 1 aromatic carbocycles. The van der Waals surface area contributed by atoms with E-state index in [4.69, 9.17) is 9.47 Å². The molecule has 9 heteroatoms. The van der Waals surface area contributed by atoms with Crippen molar-refractivity contribution < 1.29 is 13.9 Å². The highest BCUT2D eigenvalue weighted by atomic mass is 19.1. The SMILES string of the molecule is CCOc1ccc(-c2c[nH]c(=O)c(Nc3nc(N4C[C@@H](C)O[C@@H](C)C4)ncc3F)c2)cc1. The zero-order chi connectivity index (χ0) is 22.7. The highest BCUT2D eigenvalue weighted by Gasteiger charge is 2.25. The molecule has 1 saturated heterocycles. The van der Waals surface area contributed by atoms with Gasteiger partial charge < -0.3 is 24.7 Å². The molecular formula is C23H26FN5O3. The molecule has 0 radical (unpaired) electrons. The van der Waals surface area contributed by atoms with Gasteiger partial charge >= 0.3 is 0 Å². The van der Waals surface area contributed by atoms with E-state index < -0.39 is 5.82 Å². The van der Waals surface area contributed by atoms with Gasteiger partial charge in [-0.1, -0.05) is 12.1 Å². The van der Waals surface area contributed by atoms with Crippen molar-refractivity contribution in [3.63, 3.8) is 0 Å². The van der Waals surface area contributed by atoms with Crippen LogP contribution in [0.25, 0.3) is 11.1 Å². The van der Waals surface area contributed by atoms with Crippen LogP contribution in [0.2, 0.25) is 0 Å². The molecule has 0 saturated carbocycles. The molecule has 1 aliphatic rings. The number of ether oxygens (including phenoxy) is 2. The highest BCUT2D eigenvalue weighted by Crippen LogP contribution is 2.25. The number of hydrogen-bond acceptors (Lipinski definition) is 7. The molecule has 2 atom stereocenters. The van der Waals surface area contributed by atoms with Crippen LogP contribution in [0.1, 0.15) is 20.8 Å². The Balaban J connectivity index is 1.60. The van der Waals surface area contributed by atoms with Crippen molar-refractivity contribution in [1.82, 2.24) is 15.0 Å². The molecule has 3 aromatic rings. The number of pyridine rings is 1. The lowest BCUT2D eigenvalue weighted by molar-refractivity contribution is -0.00572. The van der Waals surface area contributed by atoms with Crippen molar-refractivity contribution in [3.8, 4) is 16.9 Å². The van der Waals surface area contributed by atoms with E-state index in [-0.39, 0.29) is 29.3 Å². The average molecular weight is 439 g/mol. The van der Waals surface area contributed by atoms with Crippen LogP contribution in [0.5, 0.6) is 5.75 Å². The Kier molecular flexibility index (Phi) is 6.36. The standard InChI is InChI=1S/C23H26FN5O3/c1-4-31-18-7-5-16(6-8-18)17-9-20(22(30)25-10-17)27-21-19(24)11-26-23(28-21)29-12-14(2)32-15(3)13-29/h5-11,14-15H,4,12-13H2,1-3H3,(H,25,30)(H,26,27,28)/t14-,15+. The average Bonchev–Trinajstić information content (AvgIpc) is 2.77. The molecule has 1 fully saturated rings. The summed E-state index contributed by atoms with van der Waals surface area (Å²) in [6.45, 7) is 7.65. The Bertz CT molecular complexity index is 1130. The number of aromatic amines is 1. The maximum atomic E-state index is 14.5. The van der Waals surface area contributed by atoms with Crippen molar-refractivity contribution in [2.24, 2.45) is 0 Å². The summed E-state index contributed by atoms with van der Waals surface area (Å²) >= 11 is 0. The summed E-state index contributed by atoms with van der Waals surface area (Å²) in [6, 6.07) is 9.17. The van der Waals surface area contributed by atoms with Gasteiger partial charge in [-0.05, 0) is 44.5 Å². The van der Waals surface area contributed by atoms with Crippen molar-refractivity contribution in [2.45, 2.75) is 33.0 Å². The third-order valence-corrected chi connectivity index (χ3v) is 5.09. The van der Waals surface area contributed by atoms with Crippen LogP contribution in [0.4, 0.5) is 21.8 Å². The van der Waals surface area contributed by atoms with Crippen LogP contribution < -0.4 is 20.5 Å². The van der Waals surface area contributed by atoms with Crippen LogP contribution in [-0.2, 0) is 4.74 Å². The second-order valence-electron chi connectivity index (χ2n) is 7.74. The largest absolute Gasteiger partial charge is 0.494 e. The third kappa shape index (κ3) is 4.88. The molecule has 2 N–H and O–H groups in total. The van der Waals surface area contributed by atoms with Crippen LogP contribution in [0, 0.1) is 5.82 Å². The molecule has 2 aromatic heterocycles. The van der Waals surface area contributed by atoms with Gasteiger partial charge in [-0.15, -0.1) is 0 Å². The smallest absolute Gasteiger partial charge is 0.271 e. The van der Waals surface area contributed by atoms with Crippen molar-refractivity contribution in [1.29, 1.82) is 0 Å².